The van der Waals surface area contributed by atoms with E-state index in [1.54, 1.807) is 6.20 Å². The van der Waals surface area contributed by atoms with Gasteiger partial charge in [0.25, 0.3) is 5.91 Å². The van der Waals surface area contributed by atoms with Crippen molar-refractivity contribution in [1.82, 2.24) is 15.0 Å². The second-order valence-electron chi connectivity index (χ2n) is 9.31. The molecule has 0 radical (unpaired) electrons. The third kappa shape index (κ3) is 6.02. The summed E-state index contributed by atoms with van der Waals surface area (Å²) in [6.45, 7) is 6.85. The Kier molecular flexibility index (Phi) is 8.19. The van der Waals surface area contributed by atoms with Gasteiger partial charge in [-0.3, -0.25) is 10.2 Å². The second kappa shape index (κ2) is 11.7. The Labute approximate surface area is 211 Å². The molecule has 11 nitrogen and oxygen atoms in total. The lowest BCUT2D eigenvalue weighted by atomic mass is 9.93. The minimum Gasteiger partial charge on any atom is -0.365 e. The molecule has 1 amide bonds. The molecule has 2 aliphatic rings. The van der Waals surface area contributed by atoms with E-state index in [1.807, 2.05) is 12.1 Å². The Hall–Kier alpha value is -3.89. The summed E-state index contributed by atoms with van der Waals surface area (Å²) in [5, 5.41) is 18.7. The van der Waals surface area contributed by atoms with Gasteiger partial charge in [-0.25, -0.2) is 15.0 Å². The molecule has 2 aromatic heterocycles. The molecular weight excluding hydrogens is 456 g/mol. The van der Waals surface area contributed by atoms with E-state index in [2.05, 4.69) is 41.8 Å². The van der Waals surface area contributed by atoms with E-state index in [1.165, 1.54) is 12.8 Å². The number of hydrogen-bond acceptors (Lipinski definition) is 9. The number of pyridine rings is 1. The van der Waals surface area contributed by atoms with Crippen molar-refractivity contribution in [2.45, 2.75) is 44.9 Å². The molecule has 2 fully saturated rings. The van der Waals surface area contributed by atoms with E-state index in [0.29, 0.717) is 29.8 Å². The van der Waals surface area contributed by atoms with Crippen molar-refractivity contribution in [2.24, 2.45) is 16.6 Å². The fourth-order valence-corrected chi connectivity index (χ4v) is 4.80. The fourth-order valence-electron chi connectivity index (χ4n) is 4.80. The van der Waals surface area contributed by atoms with Crippen LogP contribution in [0, 0.1) is 16.7 Å². The number of primary amides is 1. The summed E-state index contributed by atoms with van der Waals surface area (Å²) in [6, 6.07) is 3.84. The number of nitrogens with zero attached hydrogens (tertiary/aromatic N) is 6. The number of hydrogen-bond donors (Lipinski definition) is 4. The van der Waals surface area contributed by atoms with E-state index in [-0.39, 0.29) is 17.1 Å². The Morgan fingerprint density at radius 3 is 2.44 bits per heavy atom. The first-order valence-electron chi connectivity index (χ1n) is 12.5. The number of carbonyl (C=O) groups is 1. The quantitative estimate of drug-likeness (QED) is 0.326. The number of nitrogens with two attached hydrogens (primary N) is 1. The van der Waals surface area contributed by atoms with Gasteiger partial charge in [0.05, 0.1) is 11.9 Å². The molecule has 0 aliphatic carbocycles. The van der Waals surface area contributed by atoms with Gasteiger partial charge in [0, 0.05) is 38.8 Å². The lowest BCUT2D eigenvalue weighted by Crippen LogP contribution is -2.34. The van der Waals surface area contributed by atoms with Crippen molar-refractivity contribution in [2.75, 3.05) is 41.3 Å². The number of anilines is 4. The molecular formula is C25H34N10O. The van der Waals surface area contributed by atoms with Crippen molar-refractivity contribution in [3.05, 3.63) is 29.6 Å². The molecule has 5 N–H and O–H groups in total. The zero-order valence-electron chi connectivity index (χ0n) is 20.5. The smallest absolute Gasteiger partial charge is 0.254 e. The second-order valence-corrected chi connectivity index (χ2v) is 9.31. The zero-order valence-corrected chi connectivity index (χ0v) is 20.5. The van der Waals surface area contributed by atoms with E-state index in [9.17, 15) is 4.79 Å². The molecule has 0 spiro atoms. The number of rotatable bonds is 8. The van der Waals surface area contributed by atoms with Crippen molar-refractivity contribution < 1.29 is 4.79 Å². The van der Waals surface area contributed by atoms with Crippen LogP contribution in [0.2, 0.25) is 0 Å². The topological polar surface area (TPSA) is 160 Å². The number of aromatic nitrogens is 3. The highest BCUT2D eigenvalue weighted by atomic mass is 16.1. The Morgan fingerprint density at radius 2 is 1.86 bits per heavy atom. The first kappa shape index (κ1) is 25.2. The van der Waals surface area contributed by atoms with Crippen molar-refractivity contribution in [1.29, 1.82) is 10.8 Å². The van der Waals surface area contributed by atoms with Gasteiger partial charge >= 0.3 is 0 Å². The van der Waals surface area contributed by atoms with Gasteiger partial charge in [-0.15, -0.1) is 0 Å². The minimum atomic E-state index is -0.689. The highest BCUT2D eigenvalue weighted by molar-refractivity contribution is 6.04. The number of amidine groups is 1. The molecule has 2 saturated heterocycles. The van der Waals surface area contributed by atoms with Crippen LogP contribution in [0.1, 0.15) is 61.0 Å². The molecule has 4 rings (SSSR count). The molecule has 0 bridgehead atoms. The maximum Gasteiger partial charge on any atom is 0.254 e. The minimum absolute atomic E-state index is 0.0919. The third-order valence-electron chi connectivity index (χ3n) is 6.82. The van der Waals surface area contributed by atoms with Crippen LogP contribution in [0.25, 0.3) is 0 Å². The molecule has 4 heterocycles. The maximum absolute atomic E-state index is 12.2. The SMILES string of the molecule is C=NC(=N)CC1CCN(c2ccc(Nc3nc(N4CCCCCC4)nc(C=N)c3C(N)=O)cn2)CC1. The van der Waals surface area contributed by atoms with Gasteiger partial charge in [0.2, 0.25) is 5.95 Å². The molecule has 0 atom stereocenters. The number of piperidine rings is 1. The van der Waals surface area contributed by atoms with E-state index >= 15 is 0 Å². The molecule has 0 aromatic carbocycles. The maximum atomic E-state index is 12.2. The summed E-state index contributed by atoms with van der Waals surface area (Å²) in [5.41, 5.74) is 6.61. The predicted octanol–water partition coefficient (Wildman–Crippen LogP) is 3.38. The number of carbonyl (C=O) groups excluding carboxylic acids is 1. The van der Waals surface area contributed by atoms with Crippen LogP contribution in [0.3, 0.4) is 0 Å². The molecule has 0 unspecified atom stereocenters. The van der Waals surface area contributed by atoms with Crippen molar-refractivity contribution in [3.63, 3.8) is 0 Å². The number of aliphatic imine (C=N–C) groups is 1. The third-order valence-corrected chi connectivity index (χ3v) is 6.82. The van der Waals surface area contributed by atoms with Crippen LogP contribution < -0.4 is 20.9 Å². The molecule has 190 valence electrons. The lowest BCUT2D eigenvalue weighted by molar-refractivity contribution is 0.100. The molecule has 2 aromatic rings. The Balaban J connectivity index is 1.50. The molecule has 0 saturated carbocycles. The zero-order chi connectivity index (χ0) is 25.5. The summed E-state index contributed by atoms with van der Waals surface area (Å²) < 4.78 is 0. The molecule has 11 heteroatoms. The highest BCUT2D eigenvalue weighted by Gasteiger charge is 2.23. The lowest BCUT2D eigenvalue weighted by Gasteiger charge is -2.32. The Bertz CT molecular complexity index is 1100. The molecule has 36 heavy (non-hydrogen) atoms. The van der Waals surface area contributed by atoms with E-state index in [4.69, 9.17) is 16.6 Å². The highest BCUT2D eigenvalue weighted by Crippen LogP contribution is 2.27. The van der Waals surface area contributed by atoms with Crippen LogP contribution in [-0.2, 0) is 0 Å². The number of amides is 1. The first-order chi connectivity index (χ1) is 17.5. The fraction of sp³-hybridized carbons (Fsp3) is 0.480. The normalized spacial score (nSPS) is 16.8. The van der Waals surface area contributed by atoms with Crippen LogP contribution in [0.4, 0.5) is 23.3 Å². The van der Waals surface area contributed by atoms with Crippen LogP contribution >= 0.6 is 0 Å². The summed E-state index contributed by atoms with van der Waals surface area (Å²) in [6.07, 6.45) is 9.84. The van der Waals surface area contributed by atoms with Gasteiger partial charge in [-0.1, -0.05) is 12.8 Å². The summed E-state index contributed by atoms with van der Waals surface area (Å²) >= 11 is 0. The van der Waals surface area contributed by atoms with Gasteiger partial charge < -0.3 is 26.3 Å². The largest absolute Gasteiger partial charge is 0.365 e. The average Bonchev–Trinajstić information content (AvgIpc) is 3.18. The van der Waals surface area contributed by atoms with Gasteiger partial charge in [0.1, 0.15) is 28.7 Å². The number of nitrogens with one attached hydrogen (secondary N) is 3. The van der Waals surface area contributed by atoms with Crippen molar-refractivity contribution in [3.8, 4) is 0 Å². The first-order valence-corrected chi connectivity index (χ1v) is 12.5. The summed E-state index contributed by atoms with van der Waals surface area (Å²) in [4.78, 5) is 34.0. The van der Waals surface area contributed by atoms with Gasteiger partial charge in [-0.05, 0) is 50.5 Å². The molecule has 2 aliphatic heterocycles. The standard InChI is InChI=1S/C25H34N10O/c1-29-20(27)14-17-8-12-34(13-9-17)21-7-6-18(16-30-21)31-24-22(23(28)36)19(15-26)32-25(33-24)35-10-4-2-3-5-11-35/h6-7,15-17,26-27H,1-5,8-14H2,(H2,28,36)(H,31,32,33). The average molecular weight is 491 g/mol. The van der Waals surface area contributed by atoms with Crippen LogP contribution in [0.15, 0.2) is 23.3 Å². The van der Waals surface area contributed by atoms with Crippen LogP contribution in [0.5, 0.6) is 0 Å². The summed E-state index contributed by atoms with van der Waals surface area (Å²) in [7, 11) is 0. The van der Waals surface area contributed by atoms with Crippen LogP contribution in [-0.4, -0.2) is 65.8 Å². The van der Waals surface area contributed by atoms with Gasteiger partial charge in [-0.2, -0.15) is 4.98 Å². The summed E-state index contributed by atoms with van der Waals surface area (Å²) in [5.74, 6) is 1.77. The van der Waals surface area contributed by atoms with Crippen molar-refractivity contribution >= 4 is 47.9 Å². The van der Waals surface area contributed by atoms with E-state index < -0.39 is 5.91 Å². The monoisotopic (exact) mass is 490 g/mol. The van der Waals surface area contributed by atoms with Gasteiger partial charge in [0.15, 0.2) is 0 Å². The predicted molar refractivity (Wildman–Crippen MR) is 143 cm³/mol. The Morgan fingerprint density at radius 1 is 1.14 bits per heavy atom. The van der Waals surface area contributed by atoms with E-state index in [0.717, 1.165) is 63.9 Å².